The second-order valence-corrected chi connectivity index (χ2v) is 5.64. The van der Waals surface area contributed by atoms with Crippen LogP contribution in [0.15, 0.2) is 66.2 Å². The van der Waals surface area contributed by atoms with E-state index in [-0.39, 0.29) is 5.82 Å². The normalized spacial score (nSPS) is 11.2. The van der Waals surface area contributed by atoms with Gasteiger partial charge < -0.3 is 4.74 Å². The van der Waals surface area contributed by atoms with E-state index in [2.05, 4.69) is 25.6 Å². The molecule has 8 heteroatoms. The van der Waals surface area contributed by atoms with Gasteiger partial charge >= 0.3 is 0 Å². The first-order chi connectivity index (χ1) is 13.2. The molecule has 1 N–H and O–H groups in total. The second-order valence-electron chi connectivity index (χ2n) is 5.64. The first-order valence-electron chi connectivity index (χ1n) is 8.12. The molecule has 0 unspecified atom stereocenters. The van der Waals surface area contributed by atoms with Crippen molar-refractivity contribution >= 4 is 23.1 Å². The van der Waals surface area contributed by atoms with Crippen LogP contribution in [0.1, 0.15) is 5.56 Å². The quantitative estimate of drug-likeness (QED) is 0.435. The van der Waals surface area contributed by atoms with Gasteiger partial charge in [-0.25, -0.2) is 19.0 Å². The summed E-state index contributed by atoms with van der Waals surface area (Å²) in [4.78, 5) is 8.53. The van der Waals surface area contributed by atoms with Gasteiger partial charge in [-0.3, -0.25) is 5.43 Å². The van der Waals surface area contributed by atoms with Crippen molar-refractivity contribution in [1.82, 2.24) is 19.7 Å². The Balaban J connectivity index is 1.64. The molecule has 2 aromatic carbocycles. The fourth-order valence-corrected chi connectivity index (χ4v) is 2.62. The molecule has 7 nitrogen and oxygen atoms in total. The van der Waals surface area contributed by atoms with Gasteiger partial charge in [-0.15, -0.1) is 0 Å². The average Bonchev–Trinajstić information content (AvgIpc) is 3.13. The zero-order valence-corrected chi connectivity index (χ0v) is 14.4. The molecule has 0 aliphatic carbocycles. The topological polar surface area (TPSA) is 77.2 Å². The summed E-state index contributed by atoms with van der Waals surface area (Å²) in [7, 11) is 1.61. The van der Waals surface area contributed by atoms with Crippen LogP contribution in [0.5, 0.6) is 5.75 Å². The van der Waals surface area contributed by atoms with Gasteiger partial charge in [-0.05, 0) is 29.8 Å². The van der Waals surface area contributed by atoms with Crippen LogP contribution in [-0.4, -0.2) is 33.1 Å². The molecule has 2 heterocycles. The van der Waals surface area contributed by atoms with E-state index in [4.69, 9.17) is 4.74 Å². The molecular formula is C19H15FN6O. The van der Waals surface area contributed by atoms with Crippen molar-refractivity contribution in [2.45, 2.75) is 0 Å². The maximum atomic E-state index is 13.2. The zero-order chi connectivity index (χ0) is 18.6. The molecule has 0 aliphatic heterocycles. The fourth-order valence-electron chi connectivity index (χ4n) is 2.62. The fraction of sp³-hybridized carbons (Fsp3) is 0.0526. The van der Waals surface area contributed by atoms with E-state index in [0.717, 1.165) is 11.4 Å². The van der Waals surface area contributed by atoms with Gasteiger partial charge in [0.05, 0.1) is 30.6 Å². The molecule has 0 saturated carbocycles. The van der Waals surface area contributed by atoms with Crippen molar-refractivity contribution in [2.24, 2.45) is 5.10 Å². The van der Waals surface area contributed by atoms with Crippen LogP contribution in [0.3, 0.4) is 0 Å². The van der Waals surface area contributed by atoms with Crippen LogP contribution in [0.25, 0.3) is 16.7 Å². The van der Waals surface area contributed by atoms with Gasteiger partial charge in [0.15, 0.2) is 11.5 Å². The van der Waals surface area contributed by atoms with E-state index in [9.17, 15) is 4.39 Å². The van der Waals surface area contributed by atoms with Crippen molar-refractivity contribution in [3.8, 4) is 11.4 Å². The summed E-state index contributed by atoms with van der Waals surface area (Å²) in [6, 6.07) is 13.7. The third-order valence-corrected chi connectivity index (χ3v) is 3.90. The molecule has 2 aromatic heterocycles. The number of nitrogens with zero attached hydrogens (tertiary/aromatic N) is 5. The number of anilines is 1. The second kappa shape index (κ2) is 7.20. The van der Waals surface area contributed by atoms with E-state index < -0.39 is 0 Å². The van der Waals surface area contributed by atoms with Crippen LogP contribution < -0.4 is 10.2 Å². The molecule has 0 amide bonds. The summed E-state index contributed by atoms with van der Waals surface area (Å²) >= 11 is 0. The number of hydrogen-bond donors (Lipinski definition) is 1. The van der Waals surface area contributed by atoms with E-state index in [1.165, 1.54) is 24.7 Å². The number of halogens is 1. The monoisotopic (exact) mass is 362 g/mol. The molecule has 4 rings (SSSR count). The Bertz CT molecular complexity index is 1120. The number of fused-ring (bicyclic) bond motifs is 1. The lowest BCUT2D eigenvalue weighted by molar-refractivity contribution is 0.414. The standard InChI is InChI=1S/C19H15FN6O/c1-27-16-7-3-6-15(9-16)26-19-17(11-24-26)18(21-12-22-19)25-23-10-13-4-2-5-14(20)8-13/h2-12H,1H3,(H,21,22,25)/b23-10+. The van der Waals surface area contributed by atoms with E-state index in [1.54, 1.807) is 30.1 Å². The highest BCUT2D eigenvalue weighted by Crippen LogP contribution is 2.23. The minimum atomic E-state index is -0.317. The third kappa shape index (κ3) is 3.45. The predicted molar refractivity (Wildman–Crippen MR) is 101 cm³/mol. The number of rotatable bonds is 5. The number of nitrogens with one attached hydrogen (secondary N) is 1. The first kappa shape index (κ1) is 16.6. The number of hydrogen-bond acceptors (Lipinski definition) is 6. The van der Waals surface area contributed by atoms with Crippen molar-refractivity contribution in [1.29, 1.82) is 0 Å². The zero-order valence-electron chi connectivity index (χ0n) is 14.4. The number of hydrazone groups is 1. The van der Waals surface area contributed by atoms with Crippen molar-refractivity contribution in [3.63, 3.8) is 0 Å². The minimum Gasteiger partial charge on any atom is -0.497 e. The van der Waals surface area contributed by atoms with E-state index in [1.807, 2.05) is 24.3 Å². The Morgan fingerprint density at radius 1 is 1.15 bits per heavy atom. The Kier molecular flexibility index (Phi) is 4.44. The highest BCUT2D eigenvalue weighted by Gasteiger charge is 2.11. The Morgan fingerprint density at radius 2 is 2.04 bits per heavy atom. The largest absolute Gasteiger partial charge is 0.497 e. The molecule has 0 atom stereocenters. The number of ether oxygens (including phenoxy) is 1. The summed E-state index contributed by atoms with van der Waals surface area (Å²) in [6.07, 6.45) is 4.61. The molecule has 4 aromatic rings. The molecule has 0 aliphatic rings. The summed E-state index contributed by atoms with van der Waals surface area (Å²) in [6.45, 7) is 0. The van der Waals surface area contributed by atoms with Crippen molar-refractivity contribution < 1.29 is 9.13 Å². The number of methoxy groups -OCH3 is 1. The van der Waals surface area contributed by atoms with Crippen molar-refractivity contribution in [3.05, 3.63) is 72.4 Å². The molecule has 0 radical (unpaired) electrons. The smallest absolute Gasteiger partial charge is 0.168 e. The maximum absolute atomic E-state index is 13.2. The highest BCUT2D eigenvalue weighted by molar-refractivity contribution is 5.88. The van der Waals surface area contributed by atoms with Crippen LogP contribution in [-0.2, 0) is 0 Å². The van der Waals surface area contributed by atoms with Gasteiger partial charge in [0.25, 0.3) is 0 Å². The molecule has 0 fully saturated rings. The van der Waals surface area contributed by atoms with Gasteiger partial charge in [-0.1, -0.05) is 18.2 Å². The van der Waals surface area contributed by atoms with E-state index >= 15 is 0 Å². The van der Waals surface area contributed by atoms with Gasteiger partial charge in [-0.2, -0.15) is 10.2 Å². The Labute approximate surface area is 154 Å². The van der Waals surface area contributed by atoms with Crippen molar-refractivity contribution in [2.75, 3.05) is 12.5 Å². The minimum absolute atomic E-state index is 0.317. The summed E-state index contributed by atoms with van der Waals surface area (Å²) in [5, 5.41) is 9.23. The number of benzene rings is 2. The average molecular weight is 362 g/mol. The van der Waals surface area contributed by atoms with Crippen LogP contribution in [0.2, 0.25) is 0 Å². The highest BCUT2D eigenvalue weighted by atomic mass is 19.1. The Hall–Kier alpha value is -3.81. The molecule has 134 valence electrons. The predicted octanol–water partition coefficient (Wildman–Crippen LogP) is 3.41. The summed E-state index contributed by atoms with van der Waals surface area (Å²) in [5.41, 5.74) is 4.94. The van der Waals surface area contributed by atoms with Crippen LogP contribution in [0, 0.1) is 5.82 Å². The van der Waals surface area contributed by atoms with Crippen LogP contribution in [0.4, 0.5) is 10.2 Å². The van der Waals surface area contributed by atoms with E-state index in [0.29, 0.717) is 22.4 Å². The lowest BCUT2D eigenvalue weighted by atomic mass is 10.2. The lowest BCUT2D eigenvalue weighted by Gasteiger charge is -2.06. The molecule has 0 bridgehead atoms. The van der Waals surface area contributed by atoms with Gasteiger partial charge in [0.2, 0.25) is 0 Å². The maximum Gasteiger partial charge on any atom is 0.168 e. The lowest BCUT2D eigenvalue weighted by Crippen LogP contribution is -2.00. The van der Waals surface area contributed by atoms with Gasteiger partial charge in [0.1, 0.15) is 17.9 Å². The summed E-state index contributed by atoms with van der Waals surface area (Å²) < 4.78 is 20.2. The Morgan fingerprint density at radius 3 is 2.89 bits per heavy atom. The molecule has 0 spiro atoms. The van der Waals surface area contributed by atoms with Gasteiger partial charge in [0, 0.05) is 6.07 Å². The molecule has 27 heavy (non-hydrogen) atoms. The first-order valence-corrected chi connectivity index (χ1v) is 8.12. The molecular weight excluding hydrogens is 347 g/mol. The third-order valence-electron chi connectivity index (χ3n) is 3.90. The molecule has 0 saturated heterocycles. The SMILES string of the molecule is COc1cccc(-n2ncc3c(N/N=C/c4cccc(F)c4)ncnc32)c1. The number of aromatic nitrogens is 4. The van der Waals surface area contributed by atoms with Crippen LogP contribution >= 0.6 is 0 Å². The summed E-state index contributed by atoms with van der Waals surface area (Å²) in [5.74, 6) is 0.910.